The maximum absolute atomic E-state index is 12.6. The number of alkyl halides is 3. The van der Waals surface area contributed by atoms with Crippen molar-refractivity contribution in [3.05, 3.63) is 30.1 Å². The molecule has 0 heterocycles. The Morgan fingerprint density at radius 1 is 1.28 bits per heavy atom. The summed E-state index contributed by atoms with van der Waals surface area (Å²) in [6, 6.07) is 3.94. The highest BCUT2D eigenvalue weighted by Gasteiger charge is 2.42. The number of hydrogen-bond acceptors (Lipinski definition) is 3. The maximum atomic E-state index is 12.6. The van der Waals surface area contributed by atoms with E-state index in [2.05, 4.69) is 9.73 Å². The number of rotatable bonds is 3. The van der Waals surface area contributed by atoms with Gasteiger partial charge in [0.1, 0.15) is 5.82 Å². The second kappa shape index (κ2) is 5.61. The van der Waals surface area contributed by atoms with E-state index in [1.165, 1.54) is 6.92 Å². The zero-order valence-electron chi connectivity index (χ0n) is 9.29. The van der Waals surface area contributed by atoms with Gasteiger partial charge in [0.25, 0.3) is 0 Å². The Kier molecular flexibility index (Phi) is 4.41. The highest BCUT2D eigenvalue weighted by molar-refractivity contribution is 6.39. The van der Waals surface area contributed by atoms with Gasteiger partial charge in [-0.2, -0.15) is 13.2 Å². The largest absolute Gasteiger partial charge is 0.461 e. The fourth-order valence-electron chi connectivity index (χ4n) is 1.07. The lowest BCUT2D eigenvalue weighted by atomic mass is 10.3. The SMILES string of the molecule is CCOC(=O)C(=Nc1ccc(F)cc1)C(F)(F)F. The third kappa shape index (κ3) is 3.83. The summed E-state index contributed by atoms with van der Waals surface area (Å²) in [6.45, 7) is 1.18. The normalized spacial score (nSPS) is 12.4. The summed E-state index contributed by atoms with van der Waals surface area (Å²) < 4.78 is 54.5. The number of nitrogens with zero attached hydrogens (tertiary/aromatic N) is 1. The van der Waals surface area contributed by atoms with Crippen molar-refractivity contribution in [1.82, 2.24) is 0 Å². The van der Waals surface area contributed by atoms with Crippen molar-refractivity contribution in [2.24, 2.45) is 4.99 Å². The Balaban J connectivity index is 3.10. The van der Waals surface area contributed by atoms with Crippen LogP contribution in [-0.2, 0) is 9.53 Å². The molecule has 3 nitrogen and oxygen atoms in total. The monoisotopic (exact) mass is 263 g/mol. The van der Waals surface area contributed by atoms with Crippen LogP contribution in [0.1, 0.15) is 6.92 Å². The lowest BCUT2D eigenvalue weighted by molar-refractivity contribution is -0.139. The molecule has 0 aromatic heterocycles. The lowest BCUT2D eigenvalue weighted by Crippen LogP contribution is -2.32. The van der Waals surface area contributed by atoms with Crippen molar-refractivity contribution in [2.45, 2.75) is 13.1 Å². The fourth-order valence-corrected chi connectivity index (χ4v) is 1.07. The van der Waals surface area contributed by atoms with E-state index in [9.17, 15) is 22.4 Å². The third-order valence-electron chi connectivity index (χ3n) is 1.80. The molecule has 0 amide bonds. The van der Waals surface area contributed by atoms with Crippen LogP contribution in [0.25, 0.3) is 0 Å². The number of aliphatic imine (C=N–C) groups is 1. The molecule has 0 N–H and O–H groups in total. The van der Waals surface area contributed by atoms with E-state index in [0.717, 1.165) is 24.3 Å². The number of halogens is 4. The van der Waals surface area contributed by atoms with Crippen LogP contribution in [0.3, 0.4) is 0 Å². The summed E-state index contributed by atoms with van der Waals surface area (Å²) in [5.74, 6) is -2.17. The van der Waals surface area contributed by atoms with Crippen molar-refractivity contribution in [1.29, 1.82) is 0 Å². The fraction of sp³-hybridized carbons (Fsp3) is 0.273. The van der Waals surface area contributed by atoms with Gasteiger partial charge in [0.05, 0.1) is 12.3 Å². The topological polar surface area (TPSA) is 38.7 Å². The van der Waals surface area contributed by atoms with Crippen LogP contribution in [0, 0.1) is 5.82 Å². The number of benzene rings is 1. The first-order chi connectivity index (χ1) is 8.34. The van der Waals surface area contributed by atoms with Gasteiger partial charge in [0.2, 0.25) is 5.71 Å². The smallest absolute Gasteiger partial charge is 0.440 e. The van der Waals surface area contributed by atoms with E-state index in [-0.39, 0.29) is 12.3 Å². The van der Waals surface area contributed by atoms with Crippen LogP contribution in [0.15, 0.2) is 29.3 Å². The van der Waals surface area contributed by atoms with E-state index in [0.29, 0.717) is 0 Å². The number of carbonyl (C=O) groups is 1. The molecule has 0 saturated heterocycles. The Labute approximate surface area is 100 Å². The van der Waals surface area contributed by atoms with E-state index in [4.69, 9.17) is 0 Å². The van der Waals surface area contributed by atoms with E-state index in [1.54, 1.807) is 0 Å². The molecule has 0 aliphatic rings. The zero-order valence-corrected chi connectivity index (χ0v) is 9.29. The first-order valence-corrected chi connectivity index (χ1v) is 4.93. The minimum absolute atomic E-state index is 0.184. The number of carbonyl (C=O) groups excluding carboxylic acids is 1. The predicted octanol–water partition coefficient (Wildman–Crippen LogP) is 3.02. The van der Waals surface area contributed by atoms with Gasteiger partial charge in [-0.25, -0.2) is 14.2 Å². The minimum atomic E-state index is -4.93. The van der Waals surface area contributed by atoms with Crippen LogP contribution in [0.5, 0.6) is 0 Å². The third-order valence-corrected chi connectivity index (χ3v) is 1.80. The van der Waals surface area contributed by atoms with Crippen LogP contribution in [0.4, 0.5) is 23.2 Å². The van der Waals surface area contributed by atoms with Gasteiger partial charge in [-0.05, 0) is 31.2 Å². The Bertz CT molecular complexity index is 451. The average molecular weight is 263 g/mol. The molecular formula is C11H9F4NO2. The Hall–Kier alpha value is -1.92. The zero-order chi connectivity index (χ0) is 13.8. The molecule has 0 unspecified atom stereocenters. The first kappa shape index (κ1) is 14.1. The summed E-state index contributed by atoms with van der Waals surface area (Å²) in [5, 5.41) is 0. The molecular weight excluding hydrogens is 254 g/mol. The van der Waals surface area contributed by atoms with Crippen molar-refractivity contribution in [3.8, 4) is 0 Å². The molecule has 0 fully saturated rings. The highest BCUT2D eigenvalue weighted by Crippen LogP contribution is 2.22. The molecule has 1 rings (SSSR count). The molecule has 1 aromatic carbocycles. The molecule has 7 heteroatoms. The molecule has 0 radical (unpaired) electrons. The van der Waals surface area contributed by atoms with Gasteiger partial charge < -0.3 is 4.74 Å². The van der Waals surface area contributed by atoms with Crippen molar-refractivity contribution < 1.29 is 27.1 Å². The molecule has 0 spiro atoms. The van der Waals surface area contributed by atoms with Gasteiger partial charge in [0, 0.05) is 0 Å². The quantitative estimate of drug-likeness (QED) is 0.477. The summed E-state index contributed by atoms with van der Waals surface area (Å²) in [7, 11) is 0. The van der Waals surface area contributed by atoms with E-state index in [1.807, 2.05) is 0 Å². The summed E-state index contributed by atoms with van der Waals surface area (Å²) in [6.07, 6.45) is -4.93. The molecule has 0 bridgehead atoms. The van der Waals surface area contributed by atoms with Gasteiger partial charge in [-0.1, -0.05) is 0 Å². The maximum Gasteiger partial charge on any atom is 0.440 e. The lowest BCUT2D eigenvalue weighted by Gasteiger charge is -2.09. The average Bonchev–Trinajstić information content (AvgIpc) is 2.26. The van der Waals surface area contributed by atoms with Crippen LogP contribution < -0.4 is 0 Å². The van der Waals surface area contributed by atoms with Crippen molar-refractivity contribution in [3.63, 3.8) is 0 Å². The predicted molar refractivity (Wildman–Crippen MR) is 56.2 cm³/mol. The highest BCUT2D eigenvalue weighted by atomic mass is 19.4. The molecule has 18 heavy (non-hydrogen) atoms. The summed E-state index contributed by atoms with van der Waals surface area (Å²) >= 11 is 0. The Morgan fingerprint density at radius 3 is 2.28 bits per heavy atom. The molecule has 0 aliphatic carbocycles. The minimum Gasteiger partial charge on any atom is -0.461 e. The van der Waals surface area contributed by atoms with Gasteiger partial charge in [-0.3, -0.25) is 0 Å². The molecule has 0 aliphatic heterocycles. The van der Waals surface area contributed by atoms with Crippen molar-refractivity contribution >= 4 is 17.4 Å². The van der Waals surface area contributed by atoms with Crippen LogP contribution >= 0.6 is 0 Å². The molecule has 0 saturated carbocycles. The first-order valence-electron chi connectivity index (χ1n) is 4.93. The van der Waals surface area contributed by atoms with Gasteiger partial charge in [-0.15, -0.1) is 0 Å². The Morgan fingerprint density at radius 2 is 1.83 bits per heavy atom. The molecule has 1 aromatic rings. The van der Waals surface area contributed by atoms with Crippen molar-refractivity contribution in [2.75, 3.05) is 6.61 Å². The van der Waals surface area contributed by atoms with Gasteiger partial charge in [0.15, 0.2) is 0 Å². The molecule has 0 atom stereocenters. The van der Waals surface area contributed by atoms with Crippen LogP contribution in [-0.4, -0.2) is 24.5 Å². The number of hydrogen-bond donors (Lipinski definition) is 0. The number of ether oxygens (including phenoxy) is 1. The summed E-state index contributed by atoms with van der Waals surface area (Å²) in [5.41, 5.74) is -1.85. The van der Waals surface area contributed by atoms with E-state index < -0.39 is 23.7 Å². The second-order valence-corrected chi connectivity index (χ2v) is 3.16. The molecule has 98 valence electrons. The summed E-state index contributed by atoms with van der Waals surface area (Å²) in [4.78, 5) is 14.3. The second-order valence-electron chi connectivity index (χ2n) is 3.16. The number of esters is 1. The van der Waals surface area contributed by atoms with Gasteiger partial charge >= 0.3 is 12.1 Å². The van der Waals surface area contributed by atoms with Crippen LogP contribution in [0.2, 0.25) is 0 Å². The van der Waals surface area contributed by atoms with E-state index >= 15 is 0 Å². The standard InChI is InChI=1S/C11H9F4NO2/c1-2-18-10(17)9(11(13,14)15)16-8-5-3-7(12)4-6-8/h3-6H,2H2,1H3.